The lowest BCUT2D eigenvalue weighted by atomic mass is 9.98. The van der Waals surface area contributed by atoms with Gasteiger partial charge in [-0.2, -0.15) is 0 Å². The first-order chi connectivity index (χ1) is 8.63. The molecule has 0 radical (unpaired) electrons. The van der Waals surface area contributed by atoms with Gasteiger partial charge in [-0.3, -0.25) is 0 Å². The fourth-order valence-corrected chi connectivity index (χ4v) is 1.79. The van der Waals surface area contributed by atoms with Gasteiger partial charge in [0.1, 0.15) is 17.4 Å². The van der Waals surface area contributed by atoms with Crippen LogP contribution in [0.3, 0.4) is 0 Å². The smallest absolute Gasteiger partial charge is 0.131 e. The molecule has 0 fully saturated rings. The Morgan fingerprint density at radius 3 is 2.06 bits per heavy atom. The quantitative estimate of drug-likeness (QED) is 0.907. The Hall–Kier alpha value is -1.94. The van der Waals surface area contributed by atoms with Crippen molar-refractivity contribution in [1.82, 2.24) is 0 Å². The van der Waals surface area contributed by atoms with E-state index >= 15 is 0 Å². The van der Waals surface area contributed by atoms with Crippen LogP contribution in [0.4, 0.5) is 8.78 Å². The molecule has 1 atom stereocenters. The molecule has 0 aromatic heterocycles. The lowest BCUT2D eigenvalue weighted by Crippen LogP contribution is -2.15. The van der Waals surface area contributed by atoms with E-state index in [1.54, 1.807) is 31.4 Å². The average molecular weight is 249 g/mol. The Morgan fingerprint density at radius 1 is 1.00 bits per heavy atom. The molecule has 0 aliphatic heterocycles. The number of ether oxygens (including phenoxy) is 1. The molecule has 4 heteroatoms. The topological polar surface area (TPSA) is 35.2 Å². The van der Waals surface area contributed by atoms with Crippen LogP contribution in [0.15, 0.2) is 42.5 Å². The van der Waals surface area contributed by atoms with Crippen LogP contribution in [0.5, 0.6) is 5.75 Å². The SMILES string of the molecule is COc1ccc(C(N)c2c(F)cccc2F)cc1. The predicted molar refractivity (Wildman–Crippen MR) is 65.4 cm³/mol. The third kappa shape index (κ3) is 2.33. The molecule has 0 bridgehead atoms. The first-order valence-corrected chi connectivity index (χ1v) is 5.47. The van der Waals surface area contributed by atoms with Crippen molar-refractivity contribution in [2.75, 3.05) is 7.11 Å². The molecule has 2 aromatic rings. The highest BCUT2D eigenvalue weighted by atomic mass is 19.1. The van der Waals surface area contributed by atoms with Crippen molar-refractivity contribution >= 4 is 0 Å². The highest BCUT2D eigenvalue weighted by Crippen LogP contribution is 2.26. The number of benzene rings is 2. The summed E-state index contributed by atoms with van der Waals surface area (Å²) >= 11 is 0. The van der Waals surface area contributed by atoms with E-state index in [9.17, 15) is 8.78 Å². The predicted octanol–water partition coefficient (Wildman–Crippen LogP) is 3.02. The van der Waals surface area contributed by atoms with Crippen molar-refractivity contribution in [3.8, 4) is 5.75 Å². The average Bonchev–Trinajstić information content (AvgIpc) is 2.38. The second-order valence-corrected chi connectivity index (χ2v) is 3.89. The fraction of sp³-hybridized carbons (Fsp3) is 0.143. The van der Waals surface area contributed by atoms with Crippen LogP contribution in [-0.4, -0.2) is 7.11 Å². The van der Waals surface area contributed by atoms with Gasteiger partial charge in [-0.1, -0.05) is 18.2 Å². The van der Waals surface area contributed by atoms with Gasteiger partial charge in [0.05, 0.1) is 13.2 Å². The third-order valence-electron chi connectivity index (χ3n) is 2.79. The van der Waals surface area contributed by atoms with Gasteiger partial charge in [-0.05, 0) is 29.8 Å². The van der Waals surface area contributed by atoms with Gasteiger partial charge >= 0.3 is 0 Å². The van der Waals surface area contributed by atoms with Crippen molar-refractivity contribution in [3.63, 3.8) is 0 Å². The lowest BCUT2D eigenvalue weighted by Gasteiger charge is -2.14. The minimum atomic E-state index is -0.836. The van der Waals surface area contributed by atoms with Crippen molar-refractivity contribution in [1.29, 1.82) is 0 Å². The Labute approximate surface area is 104 Å². The van der Waals surface area contributed by atoms with E-state index < -0.39 is 17.7 Å². The maximum Gasteiger partial charge on any atom is 0.131 e. The monoisotopic (exact) mass is 249 g/mol. The van der Waals surface area contributed by atoms with E-state index in [2.05, 4.69) is 0 Å². The number of hydrogen-bond acceptors (Lipinski definition) is 2. The zero-order valence-electron chi connectivity index (χ0n) is 9.86. The van der Waals surface area contributed by atoms with Crippen molar-refractivity contribution in [2.24, 2.45) is 5.73 Å². The first kappa shape index (κ1) is 12.5. The van der Waals surface area contributed by atoms with Crippen molar-refractivity contribution in [3.05, 3.63) is 65.2 Å². The van der Waals surface area contributed by atoms with Gasteiger partial charge < -0.3 is 10.5 Å². The van der Waals surface area contributed by atoms with E-state index in [-0.39, 0.29) is 5.56 Å². The molecule has 2 N–H and O–H groups in total. The Balaban J connectivity index is 2.38. The molecule has 1 unspecified atom stereocenters. The summed E-state index contributed by atoms with van der Waals surface area (Å²) in [6, 6.07) is 9.66. The molecule has 0 heterocycles. The summed E-state index contributed by atoms with van der Waals surface area (Å²) in [6.45, 7) is 0. The van der Waals surface area contributed by atoms with E-state index in [4.69, 9.17) is 10.5 Å². The summed E-state index contributed by atoms with van der Waals surface area (Å²) in [6.07, 6.45) is 0. The molecule has 94 valence electrons. The highest BCUT2D eigenvalue weighted by molar-refractivity contribution is 5.36. The maximum absolute atomic E-state index is 13.6. The number of nitrogens with two attached hydrogens (primary N) is 1. The Bertz CT molecular complexity index is 520. The summed E-state index contributed by atoms with van der Waals surface area (Å²) in [5.74, 6) is -0.614. The third-order valence-corrected chi connectivity index (χ3v) is 2.79. The second-order valence-electron chi connectivity index (χ2n) is 3.89. The molecule has 2 aromatic carbocycles. The van der Waals surface area contributed by atoms with Crippen molar-refractivity contribution in [2.45, 2.75) is 6.04 Å². The molecular formula is C14H13F2NO. The molecule has 0 spiro atoms. The Kier molecular flexibility index (Phi) is 3.58. The standard InChI is InChI=1S/C14H13F2NO/c1-18-10-7-5-9(6-8-10)14(17)13-11(15)3-2-4-12(13)16/h2-8,14H,17H2,1H3. The van der Waals surface area contributed by atoms with Crippen LogP contribution in [0.25, 0.3) is 0 Å². The minimum absolute atomic E-state index is 0.123. The number of hydrogen-bond donors (Lipinski definition) is 1. The normalized spacial score (nSPS) is 12.2. The largest absolute Gasteiger partial charge is 0.497 e. The summed E-state index contributed by atoms with van der Waals surface area (Å²) in [5.41, 5.74) is 6.39. The van der Waals surface area contributed by atoms with Gasteiger partial charge in [0.2, 0.25) is 0 Å². The molecule has 2 rings (SSSR count). The number of rotatable bonds is 3. The second kappa shape index (κ2) is 5.14. The van der Waals surface area contributed by atoms with Gasteiger partial charge in [-0.15, -0.1) is 0 Å². The number of methoxy groups -OCH3 is 1. The molecule has 0 amide bonds. The van der Waals surface area contributed by atoms with E-state index in [1.807, 2.05) is 0 Å². The van der Waals surface area contributed by atoms with Crippen LogP contribution in [0.1, 0.15) is 17.2 Å². The van der Waals surface area contributed by atoms with Crippen LogP contribution >= 0.6 is 0 Å². The summed E-state index contributed by atoms with van der Waals surface area (Å²) in [7, 11) is 1.55. The molecule has 0 aliphatic rings. The van der Waals surface area contributed by atoms with E-state index in [0.29, 0.717) is 11.3 Å². The van der Waals surface area contributed by atoms with Crippen LogP contribution < -0.4 is 10.5 Å². The molecular weight excluding hydrogens is 236 g/mol. The van der Waals surface area contributed by atoms with Gasteiger partial charge in [0, 0.05) is 5.56 Å². The van der Waals surface area contributed by atoms with Gasteiger partial charge in [0.15, 0.2) is 0 Å². The molecule has 0 saturated heterocycles. The summed E-state index contributed by atoms with van der Waals surface area (Å²) < 4.78 is 32.2. The van der Waals surface area contributed by atoms with Gasteiger partial charge in [-0.25, -0.2) is 8.78 Å². The summed E-state index contributed by atoms with van der Waals surface area (Å²) in [4.78, 5) is 0. The maximum atomic E-state index is 13.6. The summed E-state index contributed by atoms with van der Waals surface area (Å²) in [5, 5.41) is 0. The lowest BCUT2D eigenvalue weighted by molar-refractivity contribution is 0.414. The first-order valence-electron chi connectivity index (χ1n) is 5.47. The van der Waals surface area contributed by atoms with Crippen molar-refractivity contribution < 1.29 is 13.5 Å². The Morgan fingerprint density at radius 2 is 1.56 bits per heavy atom. The van der Waals surface area contributed by atoms with Crippen LogP contribution in [0.2, 0.25) is 0 Å². The molecule has 0 aliphatic carbocycles. The van der Waals surface area contributed by atoms with E-state index in [0.717, 1.165) is 0 Å². The minimum Gasteiger partial charge on any atom is -0.497 e. The molecule has 0 saturated carbocycles. The van der Waals surface area contributed by atoms with Gasteiger partial charge in [0.25, 0.3) is 0 Å². The molecule has 18 heavy (non-hydrogen) atoms. The van der Waals surface area contributed by atoms with E-state index in [1.165, 1.54) is 18.2 Å². The zero-order chi connectivity index (χ0) is 13.1. The number of halogens is 2. The zero-order valence-corrected chi connectivity index (χ0v) is 9.86. The molecule has 2 nitrogen and oxygen atoms in total. The highest BCUT2D eigenvalue weighted by Gasteiger charge is 2.17. The fourth-order valence-electron chi connectivity index (χ4n) is 1.79. The van der Waals surface area contributed by atoms with Crippen LogP contribution in [-0.2, 0) is 0 Å². The van der Waals surface area contributed by atoms with Crippen LogP contribution in [0, 0.1) is 11.6 Å².